The van der Waals surface area contributed by atoms with Crippen LogP contribution in [0.4, 0.5) is 21.5 Å². The predicted octanol–water partition coefficient (Wildman–Crippen LogP) is 1.99. The second-order valence-corrected chi connectivity index (χ2v) is 5.50. The minimum atomic E-state index is -0.562. The van der Waals surface area contributed by atoms with E-state index < -0.39 is 11.6 Å². The fourth-order valence-corrected chi connectivity index (χ4v) is 2.98. The lowest BCUT2D eigenvalue weighted by molar-refractivity contribution is -0.169. The fourth-order valence-electron chi connectivity index (χ4n) is 2.83. The van der Waals surface area contributed by atoms with Gasteiger partial charge in [-0.2, -0.15) is 0 Å². The van der Waals surface area contributed by atoms with Crippen molar-refractivity contribution in [2.45, 2.75) is 18.6 Å². The lowest BCUT2D eigenvalue weighted by atomic mass is 10.0. The second-order valence-electron chi connectivity index (χ2n) is 5.13. The molecule has 0 atom stereocenters. The smallest absolute Gasteiger partial charge is 0.171 e. The maximum Gasteiger partial charge on any atom is 0.171 e. The third-order valence-electron chi connectivity index (χ3n) is 3.89. The molecule has 0 radical (unpaired) electrons. The number of nitrogens with two attached hydrogens (primary N) is 2. The van der Waals surface area contributed by atoms with E-state index in [4.69, 9.17) is 32.5 Å². The van der Waals surface area contributed by atoms with E-state index in [1.165, 1.54) is 6.07 Å². The highest BCUT2D eigenvalue weighted by Gasteiger charge is 2.40. The monoisotopic (exact) mass is 301 g/mol. The van der Waals surface area contributed by atoms with E-state index in [9.17, 15) is 4.39 Å². The number of ether oxygens (including phenoxy) is 2. The van der Waals surface area contributed by atoms with Gasteiger partial charge in [0.2, 0.25) is 0 Å². The average Bonchev–Trinajstić information content (AvgIpc) is 2.87. The van der Waals surface area contributed by atoms with Crippen molar-refractivity contribution >= 4 is 28.7 Å². The molecule has 0 saturated carbocycles. The van der Waals surface area contributed by atoms with Crippen molar-refractivity contribution in [3.8, 4) is 0 Å². The van der Waals surface area contributed by atoms with Crippen LogP contribution in [0.3, 0.4) is 0 Å². The third kappa shape index (κ3) is 2.17. The van der Waals surface area contributed by atoms with Gasteiger partial charge in [0.25, 0.3) is 0 Å². The summed E-state index contributed by atoms with van der Waals surface area (Å²) in [5.74, 6) is -1.06. The number of anilines is 3. The minimum absolute atomic E-state index is 0.0807. The van der Waals surface area contributed by atoms with E-state index in [1.807, 2.05) is 4.90 Å². The van der Waals surface area contributed by atoms with Crippen LogP contribution in [0.25, 0.3) is 0 Å². The van der Waals surface area contributed by atoms with E-state index in [0.717, 1.165) is 0 Å². The summed E-state index contributed by atoms with van der Waals surface area (Å²) < 4.78 is 25.6. The van der Waals surface area contributed by atoms with Crippen molar-refractivity contribution in [2.75, 3.05) is 42.7 Å². The summed E-state index contributed by atoms with van der Waals surface area (Å²) in [6, 6.07) is 1.49. The van der Waals surface area contributed by atoms with Crippen LogP contribution in [0.15, 0.2) is 6.07 Å². The molecule has 4 N–H and O–H groups in total. The molecule has 0 unspecified atom stereocenters. The number of hydrogen-bond acceptors (Lipinski definition) is 5. The first-order valence-electron chi connectivity index (χ1n) is 6.58. The Kier molecular flexibility index (Phi) is 3.40. The number of rotatable bonds is 1. The fraction of sp³-hybridized carbons (Fsp3) is 0.538. The van der Waals surface area contributed by atoms with Gasteiger partial charge in [0, 0.05) is 25.9 Å². The number of piperidine rings is 1. The lowest BCUT2D eigenvalue weighted by Gasteiger charge is -2.39. The molecule has 2 aliphatic rings. The average molecular weight is 302 g/mol. The summed E-state index contributed by atoms with van der Waals surface area (Å²) in [4.78, 5) is 1.87. The zero-order chi connectivity index (χ0) is 14.3. The maximum atomic E-state index is 14.3. The maximum absolute atomic E-state index is 14.3. The molecule has 1 spiro atoms. The van der Waals surface area contributed by atoms with Gasteiger partial charge in [0.1, 0.15) is 5.02 Å². The van der Waals surface area contributed by atoms with Gasteiger partial charge >= 0.3 is 0 Å². The van der Waals surface area contributed by atoms with Gasteiger partial charge < -0.3 is 25.8 Å². The van der Waals surface area contributed by atoms with Gasteiger partial charge in [-0.1, -0.05) is 11.6 Å². The molecule has 2 aliphatic heterocycles. The summed E-state index contributed by atoms with van der Waals surface area (Å²) in [7, 11) is 0. The molecule has 0 aliphatic carbocycles. The van der Waals surface area contributed by atoms with Crippen molar-refractivity contribution in [3.05, 3.63) is 16.9 Å². The van der Waals surface area contributed by atoms with E-state index in [2.05, 4.69) is 0 Å². The Labute approximate surface area is 121 Å². The van der Waals surface area contributed by atoms with Crippen LogP contribution in [-0.4, -0.2) is 32.1 Å². The van der Waals surface area contributed by atoms with Crippen molar-refractivity contribution < 1.29 is 13.9 Å². The standard InChI is InChI=1S/C13H17ClFN3O2/c14-10-8(16)7-9(17)12(11(10)15)18-3-1-13(2-4-18)19-5-6-20-13/h7H,1-6,16-17H2. The lowest BCUT2D eigenvalue weighted by Crippen LogP contribution is -2.45. The highest BCUT2D eigenvalue weighted by molar-refractivity contribution is 6.33. The Morgan fingerprint density at radius 1 is 1.15 bits per heavy atom. The predicted molar refractivity (Wildman–Crippen MR) is 76.3 cm³/mol. The molecule has 0 aromatic heterocycles. The highest BCUT2D eigenvalue weighted by atomic mass is 35.5. The van der Waals surface area contributed by atoms with Gasteiger partial charge in [-0.25, -0.2) is 4.39 Å². The summed E-state index contributed by atoms with van der Waals surface area (Å²) in [6.07, 6.45) is 1.35. The van der Waals surface area contributed by atoms with E-state index in [-0.39, 0.29) is 10.7 Å². The van der Waals surface area contributed by atoms with Gasteiger partial charge in [-0.3, -0.25) is 0 Å². The molecular formula is C13H17ClFN3O2. The molecule has 5 nitrogen and oxygen atoms in total. The first-order chi connectivity index (χ1) is 9.52. The molecule has 0 bridgehead atoms. The van der Waals surface area contributed by atoms with Gasteiger partial charge in [0.05, 0.1) is 30.3 Å². The van der Waals surface area contributed by atoms with Crippen LogP contribution in [0.2, 0.25) is 5.02 Å². The highest BCUT2D eigenvalue weighted by Crippen LogP contribution is 2.39. The van der Waals surface area contributed by atoms with Crippen LogP contribution < -0.4 is 16.4 Å². The summed E-state index contributed by atoms with van der Waals surface area (Å²) in [5.41, 5.74) is 12.3. The Balaban J connectivity index is 1.83. The Hall–Kier alpha value is -1.24. The summed E-state index contributed by atoms with van der Waals surface area (Å²) in [6.45, 7) is 2.43. The molecule has 2 saturated heterocycles. The molecule has 2 heterocycles. The van der Waals surface area contributed by atoms with Crippen LogP contribution in [0, 0.1) is 5.82 Å². The molecule has 7 heteroatoms. The molecular weight excluding hydrogens is 285 g/mol. The number of nitrogens with zero attached hydrogens (tertiary/aromatic N) is 1. The molecule has 2 fully saturated rings. The van der Waals surface area contributed by atoms with Crippen LogP contribution in [0.1, 0.15) is 12.8 Å². The number of halogens is 2. The molecule has 110 valence electrons. The molecule has 1 aromatic rings. The Morgan fingerprint density at radius 2 is 1.75 bits per heavy atom. The van der Waals surface area contributed by atoms with Gasteiger partial charge in [0.15, 0.2) is 11.6 Å². The molecule has 0 amide bonds. The van der Waals surface area contributed by atoms with Crippen molar-refractivity contribution in [1.29, 1.82) is 0 Å². The number of benzene rings is 1. The topological polar surface area (TPSA) is 73.7 Å². The van der Waals surface area contributed by atoms with Crippen LogP contribution >= 0.6 is 11.6 Å². The minimum Gasteiger partial charge on any atom is -0.397 e. The number of nitrogen functional groups attached to an aromatic ring is 2. The Morgan fingerprint density at radius 3 is 2.35 bits per heavy atom. The number of hydrogen-bond donors (Lipinski definition) is 2. The van der Waals surface area contributed by atoms with Crippen molar-refractivity contribution in [2.24, 2.45) is 0 Å². The molecule has 20 heavy (non-hydrogen) atoms. The van der Waals surface area contributed by atoms with Gasteiger partial charge in [-0.15, -0.1) is 0 Å². The largest absolute Gasteiger partial charge is 0.397 e. The zero-order valence-corrected chi connectivity index (χ0v) is 11.8. The van der Waals surface area contributed by atoms with Crippen molar-refractivity contribution in [3.63, 3.8) is 0 Å². The third-order valence-corrected chi connectivity index (χ3v) is 4.28. The SMILES string of the molecule is Nc1cc(N)c(N2CCC3(CC2)OCCO3)c(F)c1Cl. The normalized spacial score (nSPS) is 21.6. The quantitative estimate of drug-likeness (QED) is 0.776. The van der Waals surface area contributed by atoms with E-state index in [1.54, 1.807) is 0 Å². The molecule has 1 aromatic carbocycles. The second kappa shape index (κ2) is 4.95. The summed E-state index contributed by atoms with van der Waals surface area (Å²) in [5, 5.41) is -0.0807. The molecule has 3 rings (SSSR count). The first kappa shape index (κ1) is 13.7. The summed E-state index contributed by atoms with van der Waals surface area (Å²) >= 11 is 5.86. The van der Waals surface area contributed by atoms with Gasteiger partial charge in [-0.05, 0) is 6.07 Å². The first-order valence-corrected chi connectivity index (χ1v) is 6.96. The van der Waals surface area contributed by atoms with Crippen molar-refractivity contribution in [1.82, 2.24) is 0 Å². The van der Waals surface area contributed by atoms with E-state index in [0.29, 0.717) is 50.5 Å². The zero-order valence-electron chi connectivity index (χ0n) is 11.0. The van der Waals surface area contributed by atoms with E-state index >= 15 is 0 Å². The Bertz CT molecular complexity index is 525. The van der Waals surface area contributed by atoms with Crippen LogP contribution in [-0.2, 0) is 9.47 Å². The van der Waals surface area contributed by atoms with Crippen LogP contribution in [0.5, 0.6) is 0 Å².